The van der Waals surface area contributed by atoms with Gasteiger partial charge in [0.05, 0.1) is 6.54 Å². The molecule has 1 unspecified atom stereocenters. The first kappa shape index (κ1) is 13.7. The van der Waals surface area contributed by atoms with Gasteiger partial charge in [-0.05, 0) is 19.4 Å². The molecule has 0 spiro atoms. The van der Waals surface area contributed by atoms with Crippen molar-refractivity contribution in [1.29, 1.82) is 0 Å². The summed E-state index contributed by atoms with van der Waals surface area (Å²) in [7, 11) is 0. The number of hydrogen-bond donors (Lipinski definition) is 2. The first-order valence-corrected chi connectivity index (χ1v) is 6.89. The van der Waals surface area contributed by atoms with Crippen LogP contribution in [-0.2, 0) is 11.3 Å². The second-order valence-corrected chi connectivity index (χ2v) is 5.79. The van der Waals surface area contributed by atoms with Gasteiger partial charge in [-0.15, -0.1) is 11.3 Å². The number of carbonyl (C=O) groups excluding carboxylic acids is 1. The van der Waals surface area contributed by atoms with E-state index in [0.29, 0.717) is 6.54 Å². The molecule has 0 aliphatic carbocycles. The number of hydrogen-bond acceptors (Lipinski definition) is 4. The minimum absolute atomic E-state index is 0.184. The van der Waals surface area contributed by atoms with Crippen molar-refractivity contribution < 1.29 is 4.79 Å². The maximum Gasteiger partial charge on any atom is 0.241 e. The molecule has 3 N–H and O–H groups in total. The molecule has 1 aromatic carbocycles. The Labute approximate surface area is 116 Å². The highest BCUT2D eigenvalue weighted by atomic mass is 32.1. The van der Waals surface area contributed by atoms with Gasteiger partial charge in [0.25, 0.3) is 0 Å². The van der Waals surface area contributed by atoms with E-state index in [9.17, 15) is 4.79 Å². The molecule has 0 aliphatic rings. The van der Waals surface area contributed by atoms with Crippen molar-refractivity contribution in [3.63, 3.8) is 0 Å². The molecule has 100 valence electrons. The third-order valence-corrected chi connectivity index (χ3v) is 3.71. The number of aryl methyl sites for hydroxylation is 2. The molecule has 0 aliphatic heterocycles. The van der Waals surface area contributed by atoms with E-state index in [-0.39, 0.29) is 5.91 Å². The van der Waals surface area contributed by atoms with Gasteiger partial charge in [0.15, 0.2) is 0 Å². The lowest BCUT2D eigenvalue weighted by Gasteiger charge is -2.12. The van der Waals surface area contributed by atoms with Crippen molar-refractivity contribution in [3.8, 4) is 0 Å². The summed E-state index contributed by atoms with van der Waals surface area (Å²) in [5.41, 5.74) is 7.89. The maximum atomic E-state index is 11.9. The fourth-order valence-corrected chi connectivity index (χ4v) is 2.41. The molecule has 1 heterocycles. The van der Waals surface area contributed by atoms with Gasteiger partial charge in [0.2, 0.25) is 5.91 Å². The molecular formula is C14H17N3OS. The van der Waals surface area contributed by atoms with Crippen molar-refractivity contribution in [1.82, 2.24) is 10.3 Å². The highest BCUT2D eigenvalue weighted by Crippen LogP contribution is 2.13. The van der Waals surface area contributed by atoms with Crippen molar-refractivity contribution >= 4 is 17.2 Å². The number of nitrogens with one attached hydrogen (secondary N) is 1. The zero-order chi connectivity index (χ0) is 13.8. The van der Waals surface area contributed by atoms with Gasteiger partial charge in [-0.1, -0.05) is 29.8 Å². The highest BCUT2D eigenvalue weighted by Gasteiger charge is 2.15. The Morgan fingerprint density at radius 3 is 2.63 bits per heavy atom. The van der Waals surface area contributed by atoms with Crippen molar-refractivity contribution in [3.05, 3.63) is 51.5 Å². The molecule has 0 saturated heterocycles. The molecule has 1 atom stereocenters. The monoisotopic (exact) mass is 275 g/mol. The highest BCUT2D eigenvalue weighted by molar-refractivity contribution is 7.11. The Morgan fingerprint density at radius 2 is 2.05 bits per heavy atom. The topological polar surface area (TPSA) is 68.0 Å². The van der Waals surface area contributed by atoms with Crippen LogP contribution in [0.3, 0.4) is 0 Å². The first-order chi connectivity index (χ1) is 9.06. The zero-order valence-corrected chi connectivity index (χ0v) is 11.8. The molecule has 2 aromatic rings. The average Bonchev–Trinajstić information content (AvgIpc) is 2.82. The predicted octanol–water partition coefficient (Wildman–Crippen LogP) is 2.08. The molecule has 0 saturated carbocycles. The van der Waals surface area contributed by atoms with Crippen LogP contribution in [0.15, 0.2) is 30.5 Å². The van der Waals surface area contributed by atoms with Crippen LogP contribution < -0.4 is 11.1 Å². The maximum absolute atomic E-state index is 11.9. The number of amides is 1. The summed E-state index contributed by atoms with van der Waals surface area (Å²) in [6.45, 7) is 4.41. The van der Waals surface area contributed by atoms with Gasteiger partial charge in [0, 0.05) is 11.1 Å². The summed E-state index contributed by atoms with van der Waals surface area (Å²) in [6.07, 6.45) is 1.80. The molecule has 2 rings (SSSR count). The molecule has 4 nitrogen and oxygen atoms in total. The summed E-state index contributed by atoms with van der Waals surface area (Å²) in [4.78, 5) is 17.3. The van der Waals surface area contributed by atoms with Gasteiger partial charge in [0.1, 0.15) is 11.0 Å². The van der Waals surface area contributed by atoms with Crippen LogP contribution in [0.25, 0.3) is 0 Å². The van der Waals surface area contributed by atoms with Crippen LogP contribution in [0, 0.1) is 13.8 Å². The average molecular weight is 275 g/mol. The molecule has 1 amide bonds. The number of nitrogens with zero attached hydrogens (tertiary/aromatic N) is 1. The van der Waals surface area contributed by atoms with E-state index >= 15 is 0 Å². The standard InChI is InChI=1S/C14H17N3OS/c1-9-3-5-11(6-4-9)13(15)14(18)17-8-12-16-7-10(2)19-12/h3-7,13H,8,15H2,1-2H3,(H,17,18). The molecular weight excluding hydrogens is 258 g/mol. The van der Waals surface area contributed by atoms with Gasteiger partial charge in [-0.2, -0.15) is 0 Å². The second kappa shape index (κ2) is 5.95. The Morgan fingerprint density at radius 1 is 1.37 bits per heavy atom. The van der Waals surface area contributed by atoms with E-state index in [1.165, 1.54) is 0 Å². The van der Waals surface area contributed by atoms with Crippen molar-refractivity contribution in [2.24, 2.45) is 5.73 Å². The molecule has 19 heavy (non-hydrogen) atoms. The lowest BCUT2D eigenvalue weighted by molar-refractivity contribution is -0.122. The predicted molar refractivity (Wildman–Crippen MR) is 76.8 cm³/mol. The van der Waals surface area contributed by atoms with E-state index in [4.69, 9.17) is 5.73 Å². The van der Waals surface area contributed by atoms with Crippen LogP contribution in [0.4, 0.5) is 0 Å². The third kappa shape index (κ3) is 3.62. The molecule has 0 bridgehead atoms. The van der Waals surface area contributed by atoms with Crippen LogP contribution in [0.2, 0.25) is 0 Å². The van der Waals surface area contributed by atoms with Gasteiger partial charge < -0.3 is 11.1 Å². The fraction of sp³-hybridized carbons (Fsp3) is 0.286. The molecule has 0 fully saturated rings. The van der Waals surface area contributed by atoms with E-state index in [1.54, 1.807) is 17.5 Å². The quantitative estimate of drug-likeness (QED) is 0.897. The summed E-state index contributed by atoms with van der Waals surface area (Å²) < 4.78 is 0. The minimum atomic E-state index is -0.637. The van der Waals surface area contributed by atoms with E-state index < -0.39 is 6.04 Å². The van der Waals surface area contributed by atoms with E-state index in [2.05, 4.69) is 10.3 Å². The molecule has 1 aromatic heterocycles. The first-order valence-electron chi connectivity index (χ1n) is 6.07. The second-order valence-electron chi connectivity index (χ2n) is 4.47. The summed E-state index contributed by atoms with van der Waals surface area (Å²) in [6, 6.07) is 7.03. The summed E-state index contributed by atoms with van der Waals surface area (Å²) >= 11 is 1.57. The lowest BCUT2D eigenvalue weighted by Crippen LogP contribution is -2.33. The van der Waals surface area contributed by atoms with Crippen LogP contribution in [0.1, 0.15) is 27.1 Å². The number of nitrogens with two attached hydrogens (primary N) is 1. The van der Waals surface area contributed by atoms with Crippen LogP contribution in [-0.4, -0.2) is 10.9 Å². The lowest BCUT2D eigenvalue weighted by atomic mass is 10.1. The smallest absolute Gasteiger partial charge is 0.241 e. The van der Waals surface area contributed by atoms with Crippen LogP contribution >= 0.6 is 11.3 Å². The zero-order valence-electron chi connectivity index (χ0n) is 11.0. The van der Waals surface area contributed by atoms with Gasteiger partial charge >= 0.3 is 0 Å². The van der Waals surface area contributed by atoms with Gasteiger partial charge in [-0.3, -0.25) is 4.79 Å². The molecule has 0 radical (unpaired) electrons. The molecule has 5 heteroatoms. The normalized spacial score (nSPS) is 12.2. The van der Waals surface area contributed by atoms with E-state index in [1.807, 2.05) is 38.1 Å². The fourth-order valence-electron chi connectivity index (χ4n) is 1.68. The summed E-state index contributed by atoms with van der Waals surface area (Å²) in [5.74, 6) is -0.184. The summed E-state index contributed by atoms with van der Waals surface area (Å²) in [5, 5.41) is 3.70. The van der Waals surface area contributed by atoms with Gasteiger partial charge in [-0.25, -0.2) is 4.98 Å². The Bertz CT molecular complexity index is 562. The number of rotatable bonds is 4. The SMILES string of the molecule is Cc1ccc(C(N)C(=O)NCc2ncc(C)s2)cc1. The largest absolute Gasteiger partial charge is 0.348 e. The minimum Gasteiger partial charge on any atom is -0.348 e. The van der Waals surface area contributed by atoms with Crippen molar-refractivity contribution in [2.75, 3.05) is 0 Å². The van der Waals surface area contributed by atoms with Crippen LogP contribution in [0.5, 0.6) is 0 Å². The third-order valence-electron chi connectivity index (χ3n) is 2.80. The number of aromatic nitrogens is 1. The number of benzene rings is 1. The van der Waals surface area contributed by atoms with E-state index in [0.717, 1.165) is 21.0 Å². The van der Waals surface area contributed by atoms with Crippen molar-refractivity contribution in [2.45, 2.75) is 26.4 Å². The Kier molecular flexibility index (Phi) is 4.29. The Balaban J connectivity index is 1.94. The number of thiazole rings is 1. The number of carbonyl (C=O) groups is 1. The Hall–Kier alpha value is -1.72.